The molecule has 7 nitrogen and oxygen atoms in total. The predicted octanol–water partition coefficient (Wildman–Crippen LogP) is 5.30. The van der Waals surface area contributed by atoms with Gasteiger partial charge < -0.3 is 9.64 Å². The Morgan fingerprint density at radius 3 is 2.17 bits per heavy atom. The maximum absolute atomic E-state index is 14.2. The smallest absolute Gasteiger partial charge is 0.225 e. The summed E-state index contributed by atoms with van der Waals surface area (Å²) in [6.07, 6.45) is 0.742. The molecule has 0 bridgehead atoms. The molecule has 3 aromatic rings. The second kappa shape index (κ2) is 11.4. The molecule has 0 aliphatic carbocycles. The van der Waals surface area contributed by atoms with Gasteiger partial charge in [-0.25, -0.2) is 16.8 Å². The molecule has 2 aliphatic heterocycles. The number of nitrogens with zero attached hydrogens (tertiary/aromatic N) is 1. The van der Waals surface area contributed by atoms with Gasteiger partial charge in [-0.15, -0.1) is 0 Å². The minimum absolute atomic E-state index is 0.0122. The lowest BCUT2D eigenvalue weighted by Gasteiger charge is -2.31. The first-order valence-corrected chi connectivity index (χ1v) is 17.0. The molecule has 40 heavy (non-hydrogen) atoms. The van der Waals surface area contributed by atoms with Gasteiger partial charge in [-0.05, 0) is 61.2 Å². The molecule has 5 rings (SSSR count). The van der Waals surface area contributed by atoms with E-state index in [4.69, 9.17) is 27.9 Å². The van der Waals surface area contributed by atoms with Crippen LogP contribution in [0.4, 0.5) is 0 Å². The average molecular weight is 623 g/mol. The largest absolute Gasteiger partial charge is 0.489 e. The van der Waals surface area contributed by atoms with Crippen LogP contribution in [0.2, 0.25) is 10.0 Å². The van der Waals surface area contributed by atoms with E-state index >= 15 is 0 Å². The highest BCUT2D eigenvalue weighted by atomic mass is 35.5. The Bertz CT molecular complexity index is 1580. The fraction of sp³-hybridized carbons (Fsp3) is 0.345. The molecule has 1 amide bonds. The van der Waals surface area contributed by atoms with E-state index in [1.165, 1.54) is 0 Å². The average Bonchev–Trinajstić information content (AvgIpc) is 3.41. The van der Waals surface area contributed by atoms with Crippen molar-refractivity contribution in [2.75, 3.05) is 24.6 Å². The Kier molecular flexibility index (Phi) is 8.21. The number of hydrogen-bond donors (Lipinski definition) is 0. The van der Waals surface area contributed by atoms with Gasteiger partial charge in [0, 0.05) is 34.6 Å². The molecule has 0 spiro atoms. The molecule has 2 saturated heterocycles. The van der Waals surface area contributed by atoms with Crippen LogP contribution in [0.3, 0.4) is 0 Å². The van der Waals surface area contributed by atoms with E-state index in [1.54, 1.807) is 77.7 Å². The van der Waals surface area contributed by atoms with Crippen molar-refractivity contribution in [1.29, 1.82) is 0 Å². The number of carbonyl (C=O) groups is 1. The van der Waals surface area contributed by atoms with Gasteiger partial charge in [-0.3, -0.25) is 4.79 Å². The SMILES string of the molecule is O=C(C1CCS(=O)(=O)CC1)N1CC[C@](c2ccc(OCc3c(Cl)cccc3Cl)cc2)(S(=O)(=O)c2ccccc2)C1. The van der Waals surface area contributed by atoms with Crippen LogP contribution in [-0.2, 0) is 35.8 Å². The second-order valence-corrected chi connectivity index (χ2v) is 15.6. The molecule has 0 radical (unpaired) electrons. The third-order valence-corrected chi connectivity index (χ3v) is 12.8. The molecule has 1 atom stereocenters. The van der Waals surface area contributed by atoms with Gasteiger partial charge in [0.15, 0.2) is 9.84 Å². The van der Waals surface area contributed by atoms with Gasteiger partial charge in [-0.1, -0.05) is 59.6 Å². The van der Waals surface area contributed by atoms with E-state index < -0.39 is 30.3 Å². The number of benzene rings is 3. The molecule has 0 N–H and O–H groups in total. The first kappa shape index (κ1) is 28.9. The molecule has 0 saturated carbocycles. The zero-order chi connectivity index (χ0) is 28.5. The summed E-state index contributed by atoms with van der Waals surface area (Å²) in [6.45, 7) is 0.393. The van der Waals surface area contributed by atoms with E-state index in [9.17, 15) is 21.6 Å². The van der Waals surface area contributed by atoms with Crippen molar-refractivity contribution < 1.29 is 26.4 Å². The van der Waals surface area contributed by atoms with Crippen molar-refractivity contribution in [2.24, 2.45) is 5.92 Å². The zero-order valence-corrected chi connectivity index (χ0v) is 24.8. The molecule has 0 unspecified atom stereocenters. The van der Waals surface area contributed by atoms with Crippen LogP contribution in [0.1, 0.15) is 30.4 Å². The number of amides is 1. The molecular weight excluding hydrogens is 593 g/mol. The van der Waals surface area contributed by atoms with Crippen molar-refractivity contribution in [3.63, 3.8) is 0 Å². The molecule has 212 valence electrons. The van der Waals surface area contributed by atoms with Crippen molar-refractivity contribution in [2.45, 2.75) is 35.5 Å². The summed E-state index contributed by atoms with van der Waals surface area (Å²) in [5.41, 5.74) is 1.21. The quantitative estimate of drug-likeness (QED) is 0.355. The van der Waals surface area contributed by atoms with Crippen LogP contribution >= 0.6 is 23.2 Å². The van der Waals surface area contributed by atoms with E-state index in [-0.39, 0.29) is 61.3 Å². The molecule has 11 heteroatoms. The van der Waals surface area contributed by atoms with Crippen molar-refractivity contribution in [3.8, 4) is 5.75 Å². The minimum Gasteiger partial charge on any atom is -0.489 e. The van der Waals surface area contributed by atoms with Crippen molar-refractivity contribution in [3.05, 3.63) is 94.0 Å². The monoisotopic (exact) mass is 621 g/mol. The van der Waals surface area contributed by atoms with Crippen molar-refractivity contribution in [1.82, 2.24) is 4.90 Å². The van der Waals surface area contributed by atoms with Gasteiger partial charge in [0.2, 0.25) is 5.91 Å². The first-order valence-electron chi connectivity index (χ1n) is 13.0. The lowest BCUT2D eigenvalue weighted by molar-refractivity contribution is -0.134. The molecule has 0 aromatic heterocycles. The Hall–Kier alpha value is -2.59. The number of rotatable bonds is 7. The molecule has 3 aromatic carbocycles. The lowest BCUT2D eigenvalue weighted by Crippen LogP contribution is -2.43. The fourth-order valence-corrected chi connectivity index (χ4v) is 9.58. The van der Waals surface area contributed by atoms with Gasteiger partial charge >= 0.3 is 0 Å². The first-order chi connectivity index (χ1) is 19.0. The normalized spacial score (nSPS) is 21.3. The predicted molar refractivity (Wildman–Crippen MR) is 155 cm³/mol. The minimum atomic E-state index is -3.91. The molecular formula is C29H29Cl2NO6S2. The topological polar surface area (TPSA) is 97.8 Å². The number of hydrogen-bond acceptors (Lipinski definition) is 6. The number of carbonyl (C=O) groups excluding carboxylic acids is 1. The van der Waals surface area contributed by atoms with Crippen LogP contribution < -0.4 is 4.74 Å². The highest BCUT2D eigenvalue weighted by Gasteiger charge is 2.52. The lowest BCUT2D eigenvalue weighted by atomic mass is 9.97. The third kappa shape index (κ3) is 5.62. The van der Waals surface area contributed by atoms with Crippen LogP contribution in [0.5, 0.6) is 5.75 Å². The maximum atomic E-state index is 14.2. The summed E-state index contributed by atoms with van der Waals surface area (Å²) >= 11 is 12.5. The van der Waals surface area contributed by atoms with E-state index in [1.807, 2.05) is 0 Å². The highest BCUT2D eigenvalue weighted by Crippen LogP contribution is 2.44. The van der Waals surface area contributed by atoms with E-state index in [2.05, 4.69) is 0 Å². The van der Waals surface area contributed by atoms with Crippen LogP contribution in [0.15, 0.2) is 77.7 Å². The number of sulfone groups is 2. The van der Waals surface area contributed by atoms with Gasteiger partial charge in [0.25, 0.3) is 0 Å². The number of halogens is 2. The van der Waals surface area contributed by atoms with E-state index in [0.29, 0.717) is 26.9 Å². The van der Waals surface area contributed by atoms with E-state index in [0.717, 1.165) is 0 Å². The third-order valence-electron chi connectivity index (χ3n) is 7.84. The summed E-state index contributed by atoms with van der Waals surface area (Å²) in [4.78, 5) is 15.2. The Morgan fingerprint density at radius 1 is 0.925 bits per heavy atom. The fourth-order valence-electron chi connectivity index (χ4n) is 5.48. The molecule has 2 heterocycles. The summed E-state index contributed by atoms with van der Waals surface area (Å²) in [7, 11) is -7.04. The van der Waals surface area contributed by atoms with Gasteiger partial charge in [0.05, 0.1) is 16.4 Å². The van der Waals surface area contributed by atoms with Crippen molar-refractivity contribution >= 4 is 48.8 Å². The maximum Gasteiger partial charge on any atom is 0.225 e. The number of ether oxygens (including phenoxy) is 1. The van der Waals surface area contributed by atoms with Crippen LogP contribution in [0, 0.1) is 5.92 Å². The summed E-state index contributed by atoms with van der Waals surface area (Å²) in [6, 6.07) is 20.3. The Morgan fingerprint density at radius 2 is 1.55 bits per heavy atom. The summed E-state index contributed by atoms with van der Waals surface area (Å²) in [5, 5.41) is 0.978. The second-order valence-electron chi connectivity index (χ2n) is 10.3. The number of likely N-dealkylation sites (tertiary alicyclic amines) is 1. The summed E-state index contributed by atoms with van der Waals surface area (Å²) < 4.78 is 56.6. The van der Waals surface area contributed by atoms with Crippen LogP contribution in [0.25, 0.3) is 0 Å². The highest BCUT2D eigenvalue weighted by molar-refractivity contribution is 7.92. The summed E-state index contributed by atoms with van der Waals surface area (Å²) in [5.74, 6) is -0.138. The standard InChI is InChI=1S/C29H29Cl2NO6S2/c30-26-7-4-8-27(31)25(26)19-38-23-11-9-22(10-12-23)29(40(36,37)24-5-2-1-3-6-24)15-16-32(20-29)28(33)21-13-17-39(34,35)18-14-21/h1-12,21H,13-20H2/t29-/m0/s1. The molecule has 2 aliphatic rings. The van der Waals surface area contributed by atoms with Gasteiger partial charge in [0.1, 0.15) is 26.9 Å². The zero-order valence-electron chi connectivity index (χ0n) is 21.6. The van der Waals surface area contributed by atoms with Crippen LogP contribution in [-0.4, -0.2) is 52.2 Å². The Labute approximate surface area is 244 Å². The molecule has 2 fully saturated rings. The Balaban J connectivity index is 1.42. The van der Waals surface area contributed by atoms with Gasteiger partial charge in [-0.2, -0.15) is 0 Å².